The number of carboxylic acids is 1. The minimum Gasteiger partial charge on any atom is -0.481 e. The third-order valence-corrected chi connectivity index (χ3v) is 6.11. The smallest absolute Gasteiger partial charge is 0.335 e. The van der Waals surface area contributed by atoms with E-state index in [1.165, 1.54) is 29.5 Å². The van der Waals surface area contributed by atoms with E-state index in [9.17, 15) is 14.4 Å². The fraction of sp³-hybridized carbons (Fsp3) is 0.292. The first-order chi connectivity index (χ1) is 16.8. The molecule has 0 saturated carbocycles. The lowest BCUT2D eigenvalue weighted by Crippen LogP contribution is -2.36. The summed E-state index contributed by atoms with van der Waals surface area (Å²) in [6.07, 6.45) is 0.243. The fourth-order valence-corrected chi connectivity index (χ4v) is 3.78. The molecule has 0 spiro atoms. The van der Waals surface area contributed by atoms with Crippen molar-refractivity contribution < 1.29 is 24.2 Å². The molecule has 184 valence electrons. The van der Waals surface area contributed by atoms with Gasteiger partial charge in [-0.1, -0.05) is 36.9 Å². The number of aromatic carboxylic acids is 1. The maximum atomic E-state index is 12.4. The predicted molar refractivity (Wildman–Crippen MR) is 132 cm³/mol. The Labute approximate surface area is 207 Å². The third-order valence-electron chi connectivity index (χ3n) is 5.09. The number of amides is 2. The molecular weight excluding hydrogens is 470 g/mol. The number of hydrogen-bond acceptors (Lipinski definition) is 7. The Hall–Kier alpha value is -3.86. The summed E-state index contributed by atoms with van der Waals surface area (Å²) in [5.74, 6) is -0.471. The summed E-state index contributed by atoms with van der Waals surface area (Å²) in [5.41, 5.74) is 1.68. The highest BCUT2D eigenvalue weighted by Crippen LogP contribution is 2.18. The van der Waals surface area contributed by atoms with Gasteiger partial charge in [-0.2, -0.15) is 0 Å². The lowest BCUT2D eigenvalue weighted by atomic mass is 10.2. The number of anilines is 1. The molecule has 2 aromatic carbocycles. The second-order valence-electron chi connectivity index (χ2n) is 7.66. The average molecular weight is 498 g/mol. The van der Waals surface area contributed by atoms with E-state index < -0.39 is 12.1 Å². The zero-order valence-electron chi connectivity index (χ0n) is 19.6. The van der Waals surface area contributed by atoms with Crippen LogP contribution in [0.4, 0.5) is 5.69 Å². The van der Waals surface area contributed by atoms with Gasteiger partial charge in [0.2, 0.25) is 5.91 Å². The monoisotopic (exact) mass is 497 g/mol. The highest BCUT2D eigenvalue weighted by atomic mass is 32.2. The van der Waals surface area contributed by atoms with E-state index in [1.807, 2.05) is 24.3 Å². The van der Waals surface area contributed by atoms with E-state index in [1.54, 1.807) is 30.7 Å². The topological polar surface area (TPSA) is 135 Å². The van der Waals surface area contributed by atoms with E-state index in [4.69, 9.17) is 9.84 Å². The zero-order chi connectivity index (χ0) is 25.4. The van der Waals surface area contributed by atoms with E-state index in [0.29, 0.717) is 22.4 Å². The van der Waals surface area contributed by atoms with Gasteiger partial charge < -0.3 is 25.0 Å². The lowest BCUT2D eigenvalue weighted by Gasteiger charge is -2.15. The fourth-order valence-electron chi connectivity index (χ4n) is 3.05. The summed E-state index contributed by atoms with van der Waals surface area (Å²) in [6.45, 7) is 3.89. The molecule has 0 unspecified atom stereocenters. The third kappa shape index (κ3) is 7.31. The van der Waals surface area contributed by atoms with Crippen LogP contribution in [-0.2, 0) is 29.6 Å². The maximum absolute atomic E-state index is 12.4. The van der Waals surface area contributed by atoms with Crippen LogP contribution >= 0.6 is 11.8 Å². The number of rotatable bonds is 11. The number of hydrogen-bond donors (Lipinski definition) is 3. The van der Waals surface area contributed by atoms with Gasteiger partial charge in [-0.05, 0) is 49.2 Å². The van der Waals surface area contributed by atoms with Crippen molar-refractivity contribution in [3.63, 3.8) is 0 Å². The van der Waals surface area contributed by atoms with Crippen molar-refractivity contribution in [2.24, 2.45) is 7.05 Å². The number of aromatic nitrogens is 3. The van der Waals surface area contributed by atoms with Crippen LogP contribution in [0.2, 0.25) is 0 Å². The van der Waals surface area contributed by atoms with Crippen LogP contribution in [0.15, 0.2) is 53.7 Å². The summed E-state index contributed by atoms with van der Waals surface area (Å²) in [4.78, 5) is 35.7. The van der Waals surface area contributed by atoms with Crippen LogP contribution in [0, 0.1) is 0 Å². The molecule has 0 aliphatic heterocycles. The highest BCUT2D eigenvalue weighted by Gasteiger charge is 2.17. The van der Waals surface area contributed by atoms with Crippen LogP contribution in [0.25, 0.3) is 0 Å². The molecular formula is C24H27N5O5S. The van der Waals surface area contributed by atoms with E-state index in [2.05, 4.69) is 27.8 Å². The van der Waals surface area contributed by atoms with Crippen LogP contribution in [-0.4, -0.2) is 49.5 Å². The quantitative estimate of drug-likeness (QED) is 0.344. The Balaban J connectivity index is 1.47. The van der Waals surface area contributed by atoms with Gasteiger partial charge >= 0.3 is 5.97 Å². The van der Waals surface area contributed by atoms with Crippen molar-refractivity contribution in [2.45, 2.75) is 38.1 Å². The minimum absolute atomic E-state index is 0.0529. The van der Waals surface area contributed by atoms with Crippen molar-refractivity contribution in [3.8, 4) is 5.75 Å². The number of nitrogens with zero attached hydrogens (tertiary/aromatic N) is 3. The molecule has 1 aromatic heterocycles. The van der Waals surface area contributed by atoms with E-state index in [-0.39, 0.29) is 29.7 Å². The molecule has 0 fully saturated rings. The van der Waals surface area contributed by atoms with Gasteiger partial charge in [-0.25, -0.2) is 4.79 Å². The molecule has 3 aromatic rings. The van der Waals surface area contributed by atoms with Gasteiger partial charge in [0.05, 0.1) is 17.9 Å². The number of ether oxygens (including phenoxy) is 1. The van der Waals surface area contributed by atoms with Gasteiger partial charge in [-0.3, -0.25) is 9.59 Å². The number of aryl methyl sites for hydroxylation is 1. The summed E-state index contributed by atoms with van der Waals surface area (Å²) in [6, 6.07) is 13.6. The van der Waals surface area contributed by atoms with Crippen molar-refractivity contribution >= 4 is 35.2 Å². The second kappa shape index (κ2) is 12.0. The van der Waals surface area contributed by atoms with Gasteiger partial charge in [0.15, 0.2) is 17.1 Å². The van der Waals surface area contributed by atoms with Gasteiger partial charge in [0, 0.05) is 12.7 Å². The standard InChI is InChI=1S/C24H27N5O5S/c1-4-16-8-10-19(11-9-16)34-15(2)22(31)25-13-20-27-28-24(29(20)3)35-14-21(30)26-18-7-5-6-17(12-18)23(32)33/h5-12,15H,4,13-14H2,1-3H3,(H,25,31)(H,26,30)(H,32,33)/t15-/m1/s1. The van der Waals surface area contributed by atoms with Crippen molar-refractivity contribution in [3.05, 3.63) is 65.5 Å². The molecule has 3 rings (SSSR count). The number of benzene rings is 2. The minimum atomic E-state index is -1.07. The van der Waals surface area contributed by atoms with Crippen LogP contribution in [0.1, 0.15) is 35.6 Å². The van der Waals surface area contributed by atoms with Crippen molar-refractivity contribution in [2.75, 3.05) is 11.1 Å². The Bertz CT molecular complexity index is 1200. The van der Waals surface area contributed by atoms with E-state index in [0.717, 1.165) is 6.42 Å². The molecule has 1 heterocycles. The van der Waals surface area contributed by atoms with Crippen molar-refractivity contribution in [1.29, 1.82) is 0 Å². The molecule has 0 aliphatic rings. The molecule has 0 aliphatic carbocycles. The molecule has 2 amide bonds. The first kappa shape index (κ1) is 25.8. The number of carbonyl (C=O) groups excluding carboxylic acids is 2. The van der Waals surface area contributed by atoms with Gasteiger partial charge in [0.25, 0.3) is 5.91 Å². The second-order valence-corrected chi connectivity index (χ2v) is 8.60. The largest absolute Gasteiger partial charge is 0.481 e. The number of thioether (sulfide) groups is 1. The molecule has 1 atom stereocenters. The summed E-state index contributed by atoms with van der Waals surface area (Å²) in [5, 5.41) is 23.2. The molecule has 10 nitrogen and oxygen atoms in total. The summed E-state index contributed by atoms with van der Waals surface area (Å²) in [7, 11) is 1.74. The molecule has 35 heavy (non-hydrogen) atoms. The Morgan fingerprint density at radius 2 is 1.89 bits per heavy atom. The highest BCUT2D eigenvalue weighted by molar-refractivity contribution is 7.99. The number of carboxylic acid groups (broad SMARTS) is 1. The maximum Gasteiger partial charge on any atom is 0.335 e. The SMILES string of the molecule is CCc1ccc(O[C@H](C)C(=O)NCc2nnc(SCC(=O)Nc3cccc(C(=O)O)c3)n2C)cc1. The zero-order valence-corrected chi connectivity index (χ0v) is 20.5. The Morgan fingerprint density at radius 1 is 1.14 bits per heavy atom. The Morgan fingerprint density at radius 3 is 2.57 bits per heavy atom. The predicted octanol–water partition coefficient (Wildman–Crippen LogP) is 2.89. The molecule has 0 saturated heterocycles. The molecule has 0 radical (unpaired) electrons. The normalized spacial score (nSPS) is 11.5. The number of nitrogens with one attached hydrogen (secondary N) is 2. The molecule has 0 bridgehead atoms. The van der Waals surface area contributed by atoms with Gasteiger partial charge in [-0.15, -0.1) is 10.2 Å². The van der Waals surface area contributed by atoms with Crippen LogP contribution in [0.5, 0.6) is 5.75 Å². The van der Waals surface area contributed by atoms with Crippen LogP contribution in [0.3, 0.4) is 0 Å². The Kier molecular flexibility index (Phi) is 8.85. The molecule has 3 N–H and O–H groups in total. The summed E-state index contributed by atoms with van der Waals surface area (Å²) >= 11 is 1.17. The first-order valence-electron chi connectivity index (χ1n) is 10.9. The lowest BCUT2D eigenvalue weighted by molar-refractivity contribution is -0.127. The number of carbonyl (C=O) groups is 3. The van der Waals surface area contributed by atoms with Gasteiger partial charge in [0.1, 0.15) is 5.75 Å². The average Bonchev–Trinajstić information content (AvgIpc) is 3.20. The molecule has 11 heteroatoms. The van der Waals surface area contributed by atoms with Crippen LogP contribution < -0.4 is 15.4 Å². The first-order valence-corrected chi connectivity index (χ1v) is 11.9. The van der Waals surface area contributed by atoms with E-state index >= 15 is 0 Å². The van der Waals surface area contributed by atoms with Crippen molar-refractivity contribution in [1.82, 2.24) is 20.1 Å². The summed E-state index contributed by atoms with van der Waals surface area (Å²) < 4.78 is 7.39.